The molecule has 0 radical (unpaired) electrons. The highest BCUT2D eigenvalue weighted by atomic mass is 16.3. The fraction of sp³-hybridized carbons (Fsp3) is 0.923. The summed E-state index contributed by atoms with van der Waals surface area (Å²) in [4.78, 5) is 13.9. The maximum atomic E-state index is 12.3. The molecule has 0 bridgehead atoms. The minimum atomic E-state index is -0.476. The number of aliphatic hydroxyl groups excluding tert-OH is 1. The zero-order valence-corrected chi connectivity index (χ0v) is 11.4. The maximum Gasteiger partial charge on any atom is 0.225 e. The highest BCUT2D eigenvalue weighted by molar-refractivity contribution is 5.79. The van der Waals surface area contributed by atoms with E-state index in [2.05, 4.69) is 13.8 Å². The quantitative estimate of drug-likeness (QED) is 0.770. The van der Waals surface area contributed by atoms with Crippen molar-refractivity contribution < 1.29 is 9.90 Å². The normalized spacial score (nSPS) is 35.4. The van der Waals surface area contributed by atoms with E-state index in [0.717, 1.165) is 12.8 Å². The molecule has 0 aromatic heterocycles. The van der Waals surface area contributed by atoms with Gasteiger partial charge in [0.25, 0.3) is 0 Å². The van der Waals surface area contributed by atoms with Crippen molar-refractivity contribution >= 4 is 5.91 Å². The Bertz CT molecular complexity index is 268. The second-order valence-electron chi connectivity index (χ2n) is 5.76. The Balaban J connectivity index is 2.62. The van der Waals surface area contributed by atoms with Crippen LogP contribution >= 0.6 is 0 Å². The fourth-order valence-corrected chi connectivity index (χ4v) is 2.80. The van der Waals surface area contributed by atoms with E-state index >= 15 is 0 Å². The molecule has 0 aromatic carbocycles. The van der Waals surface area contributed by atoms with Gasteiger partial charge in [0, 0.05) is 25.6 Å². The molecule has 4 nitrogen and oxygen atoms in total. The molecule has 4 heteroatoms. The zero-order valence-electron chi connectivity index (χ0n) is 11.4. The van der Waals surface area contributed by atoms with Crippen molar-refractivity contribution in [2.75, 3.05) is 13.6 Å². The number of hydrogen-bond donors (Lipinski definition) is 2. The van der Waals surface area contributed by atoms with Crippen LogP contribution < -0.4 is 5.73 Å². The summed E-state index contributed by atoms with van der Waals surface area (Å²) in [5.74, 6) is 1.02. The maximum absolute atomic E-state index is 12.3. The lowest BCUT2D eigenvalue weighted by Gasteiger charge is -2.38. The number of hydrogen-bond acceptors (Lipinski definition) is 3. The van der Waals surface area contributed by atoms with E-state index in [4.69, 9.17) is 5.73 Å². The highest BCUT2D eigenvalue weighted by Gasteiger charge is 2.36. The van der Waals surface area contributed by atoms with Crippen molar-refractivity contribution in [1.29, 1.82) is 0 Å². The lowest BCUT2D eigenvalue weighted by molar-refractivity contribution is -0.138. The SMILES string of the molecule is CC(O)CN(C)C(=O)C1CC(N)C(C)CC1C. The van der Waals surface area contributed by atoms with Gasteiger partial charge in [-0.05, 0) is 31.6 Å². The third-order valence-corrected chi connectivity index (χ3v) is 3.92. The van der Waals surface area contributed by atoms with E-state index in [0.29, 0.717) is 18.4 Å². The molecule has 0 saturated heterocycles. The third-order valence-electron chi connectivity index (χ3n) is 3.92. The Hall–Kier alpha value is -0.610. The summed E-state index contributed by atoms with van der Waals surface area (Å²) in [6.45, 7) is 6.37. The summed E-state index contributed by atoms with van der Waals surface area (Å²) in [6, 6.07) is 0.125. The number of aliphatic hydroxyl groups is 1. The summed E-state index contributed by atoms with van der Waals surface area (Å²) in [5, 5.41) is 9.31. The molecule has 1 aliphatic carbocycles. The van der Waals surface area contributed by atoms with Crippen molar-refractivity contribution in [2.24, 2.45) is 23.5 Å². The van der Waals surface area contributed by atoms with E-state index in [9.17, 15) is 9.90 Å². The van der Waals surface area contributed by atoms with Crippen LogP contribution in [0.3, 0.4) is 0 Å². The average molecular weight is 242 g/mol. The molecule has 0 heterocycles. The smallest absolute Gasteiger partial charge is 0.225 e. The molecule has 0 aliphatic heterocycles. The van der Waals surface area contributed by atoms with Crippen LogP contribution in [0, 0.1) is 17.8 Å². The van der Waals surface area contributed by atoms with Crippen molar-refractivity contribution in [3.63, 3.8) is 0 Å². The first-order valence-electron chi connectivity index (χ1n) is 6.51. The molecule has 5 atom stereocenters. The van der Waals surface area contributed by atoms with Gasteiger partial charge < -0.3 is 15.7 Å². The summed E-state index contributed by atoms with van der Waals surface area (Å²) < 4.78 is 0. The molecule has 0 aromatic rings. The van der Waals surface area contributed by atoms with Crippen LogP contribution in [0.15, 0.2) is 0 Å². The summed E-state index contributed by atoms with van der Waals surface area (Å²) in [5.41, 5.74) is 6.05. The Kier molecular flexibility index (Phi) is 4.95. The number of carbonyl (C=O) groups excluding carboxylic acids is 1. The lowest BCUT2D eigenvalue weighted by Crippen LogP contribution is -2.46. The Morgan fingerprint density at radius 2 is 2.00 bits per heavy atom. The molecule has 0 spiro atoms. The Morgan fingerprint density at radius 3 is 2.53 bits per heavy atom. The van der Waals surface area contributed by atoms with Crippen LogP contribution in [0.1, 0.15) is 33.6 Å². The van der Waals surface area contributed by atoms with Crippen LogP contribution in [-0.2, 0) is 4.79 Å². The largest absolute Gasteiger partial charge is 0.392 e. The predicted molar refractivity (Wildman–Crippen MR) is 68.3 cm³/mol. The second-order valence-corrected chi connectivity index (χ2v) is 5.76. The standard InChI is InChI=1S/C13H26N2O2/c1-8-5-9(2)12(14)6-11(8)13(17)15(4)7-10(3)16/h8-12,16H,5-7,14H2,1-4H3. The van der Waals surface area contributed by atoms with E-state index in [1.807, 2.05) is 0 Å². The second kappa shape index (κ2) is 5.83. The molecule has 5 unspecified atom stereocenters. The van der Waals surface area contributed by atoms with Crippen LogP contribution in [0.4, 0.5) is 0 Å². The first-order chi connectivity index (χ1) is 7.82. The molecular weight excluding hydrogens is 216 g/mol. The predicted octanol–water partition coefficient (Wildman–Crippen LogP) is 0.835. The molecule has 17 heavy (non-hydrogen) atoms. The van der Waals surface area contributed by atoms with Gasteiger partial charge in [0.2, 0.25) is 5.91 Å². The van der Waals surface area contributed by atoms with E-state index < -0.39 is 6.10 Å². The molecule has 1 amide bonds. The summed E-state index contributed by atoms with van der Waals surface area (Å²) in [6.07, 6.45) is 1.31. The first kappa shape index (κ1) is 14.5. The summed E-state index contributed by atoms with van der Waals surface area (Å²) >= 11 is 0. The van der Waals surface area contributed by atoms with Crippen LogP contribution in [-0.4, -0.2) is 41.7 Å². The minimum Gasteiger partial charge on any atom is -0.392 e. The third kappa shape index (κ3) is 3.68. The number of rotatable bonds is 3. The number of amides is 1. The van der Waals surface area contributed by atoms with Gasteiger partial charge >= 0.3 is 0 Å². The molecule has 1 saturated carbocycles. The topological polar surface area (TPSA) is 66.6 Å². The van der Waals surface area contributed by atoms with Crippen molar-refractivity contribution in [3.05, 3.63) is 0 Å². The van der Waals surface area contributed by atoms with Crippen molar-refractivity contribution in [2.45, 2.75) is 45.8 Å². The summed E-state index contributed by atoms with van der Waals surface area (Å²) in [7, 11) is 1.76. The van der Waals surface area contributed by atoms with Gasteiger partial charge in [-0.15, -0.1) is 0 Å². The first-order valence-corrected chi connectivity index (χ1v) is 6.51. The fourth-order valence-electron chi connectivity index (χ4n) is 2.80. The van der Waals surface area contributed by atoms with Gasteiger partial charge in [-0.3, -0.25) is 4.79 Å². The zero-order chi connectivity index (χ0) is 13.2. The number of likely N-dealkylation sites (N-methyl/N-ethyl adjacent to an activating group) is 1. The number of nitrogens with two attached hydrogens (primary N) is 1. The molecule has 3 N–H and O–H groups in total. The Labute approximate surface area is 104 Å². The Morgan fingerprint density at radius 1 is 1.41 bits per heavy atom. The molecule has 1 rings (SSSR count). The minimum absolute atomic E-state index is 0.0185. The van der Waals surface area contributed by atoms with E-state index in [1.54, 1.807) is 18.9 Å². The van der Waals surface area contributed by atoms with Crippen LogP contribution in [0.25, 0.3) is 0 Å². The van der Waals surface area contributed by atoms with Crippen LogP contribution in [0.2, 0.25) is 0 Å². The van der Waals surface area contributed by atoms with Gasteiger partial charge in [0.15, 0.2) is 0 Å². The van der Waals surface area contributed by atoms with Gasteiger partial charge in [-0.2, -0.15) is 0 Å². The number of carbonyl (C=O) groups is 1. The van der Waals surface area contributed by atoms with E-state index in [1.165, 1.54) is 0 Å². The average Bonchev–Trinajstić information content (AvgIpc) is 2.21. The highest BCUT2D eigenvalue weighted by Crippen LogP contribution is 2.33. The number of nitrogens with zero attached hydrogens (tertiary/aromatic N) is 1. The van der Waals surface area contributed by atoms with Gasteiger partial charge in [0.05, 0.1) is 6.10 Å². The van der Waals surface area contributed by atoms with E-state index in [-0.39, 0.29) is 17.9 Å². The van der Waals surface area contributed by atoms with Crippen molar-refractivity contribution in [3.8, 4) is 0 Å². The van der Waals surface area contributed by atoms with Crippen molar-refractivity contribution in [1.82, 2.24) is 4.90 Å². The van der Waals surface area contributed by atoms with Gasteiger partial charge in [0.1, 0.15) is 0 Å². The van der Waals surface area contributed by atoms with Gasteiger partial charge in [-0.25, -0.2) is 0 Å². The lowest BCUT2D eigenvalue weighted by atomic mass is 9.72. The van der Waals surface area contributed by atoms with Gasteiger partial charge in [-0.1, -0.05) is 13.8 Å². The molecule has 1 fully saturated rings. The molecule has 100 valence electrons. The monoisotopic (exact) mass is 242 g/mol. The molecular formula is C13H26N2O2. The van der Waals surface area contributed by atoms with Crippen LogP contribution in [0.5, 0.6) is 0 Å². The molecule has 1 aliphatic rings.